The van der Waals surface area contributed by atoms with Crippen LogP contribution in [0.2, 0.25) is 0 Å². The predicted molar refractivity (Wildman–Crippen MR) is 96.1 cm³/mol. The second-order valence-electron chi connectivity index (χ2n) is 5.86. The summed E-state index contributed by atoms with van der Waals surface area (Å²) >= 11 is 0. The molecule has 0 spiro atoms. The lowest BCUT2D eigenvalue weighted by molar-refractivity contribution is 0.668. The summed E-state index contributed by atoms with van der Waals surface area (Å²) in [7, 11) is 0. The van der Waals surface area contributed by atoms with E-state index in [2.05, 4.69) is 31.7 Å². The number of hydrogen-bond donors (Lipinski definition) is 0. The summed E-state index contributed by atoms with van der Waals surface area (Å²) in [6, 6.07) is 16.2. The third-order valence-electron chi connectivity index (χ3n) is 4.34. The van der Waals surface area contributed by atoms with Crippen molar-refractivity contribution in [2.45, 2.75) is 6.54 Å². The topological polar surface area (TPSA) is 56.7 Å². The van der Waals surface area contributed by atoms with E-state index in [4.69, 9.17) is 4.42 Å². The number of imidazole rings is 1. The molecule has 0 saturated heterocycles. The summed E-state index contributed by atoms with van der Waals surface area (Å²) in [6.07, 6.45) is 7.07. The van der Waals surface area contributed by atoms with Crippen LogP contribution in [0.15, 0.2) is 77.9 Å². The number of fused-ring (bicyclic) bond motifs is 3. The molecule has 25 heavy (non-hydrogen) atoms. The van der Waals surface area contributed by atoms with E-state index in [9.17, 15) is 0 Å². The number of aromatic nitrogens is 4. The zero-order valence-electron chi connectivity index (χ0n) is 13.3. The van der Waals surface area contributed by atoms with E-state index in [-0.39, 0.29) is 0 Å². The van der Waals surface area contributed by atoms with Crippen molar-refractivity contribution in [2.75, 3.05) is 0 Å². The Hall–Kier alpha value is -3.47. The van der Waals surface area contributed by atoms with Crippen molar-refractivity contribution in [1.29, 1.82) is 0 Å². The normalized spacial score (nSPS) is 11.4. The van der Waals surface area contributed by atoms with E-state index in [1.165, 1.54) is 0 Å². The van der Waals surface area contributed by atoms with Crippen LogP contribution >= 0.6 is 0 Å². The minimum atomic E-state index is 0.633. The maximum absolute atomic E-state index is 6.13. The van der Waals surface area contributed by atoms with E-state index in [1.807, 2.05) is 42.6 Å². The van der Waals surface area contributed by atoms with Crippen LogP contribution in [0.1, 0.15) is 5.69 Å². The molecular formula is C20H14N4O. The molecule has 5 aromatic rings. The second kappa shape index (κ2) is 5.56. The molecule has 5 nitrogen and oxygen atoms in total. The second-order valence-corrected chi connectivity index (χ2v) is 5.86. The van der Waals surface area contributed by atoms with Crippen molar-refractivity contribution in [3.8, 4) is 11.4 Å². The summed E-state index contributed by atoms with van der Waals surface area (Å²) < 4.78 is 8.21. The van der Waals surface area contributed by atoms with Crippen molar-refractivity contribution < 1.29 is 4.42 Å². The zero-order chi connectivity index (χ0) is 16.6. The third kappa shape index (κ3) is 2.29. The smallest absolute Gasteiger partial charge is 0.146 e. The molecule has 120 valence electrons. The molecule has 0 bridgehead atoms. The van der Waals surface area contributed by atoms with Gasteiger partial charge in [0.15, 0.2) is 0 Å². The van der Waals surface area contributed by atoms with Crippen LogP contribution in [0, 0.1) is 0 Å². The summed E-state index contributed by atoms with van der Waals surface area (Å²) in [5.74, 6) is 0.864. The number of furan rings is 1. The van der Waals surface area contributed by atoms with Crippen molar-refractivity contribution in [3.05, 3.63) is 79.1 Å². The van der Waals surface area contributed by atoms with E-state index in [0.29, 0.717) is 6.54 Å². The molecule has 5 heteroatoms. The van der Waals surface area contributed by atoms with Crippen LogP contribution in [0.25, 0.3) is 33.3 Å². The highest BCUT2D eigenvalue weighted by atomic mass is 16.3. The van der Waals surface area contributed by atoms with Gasteiger partial charge in [0, 0.05) is 29.4 Å². The lowest BCUT2D eigenvalue weighted by atomic mass is 10.1. The molecule has 0 amide bonds. The van der Waals surface area contributed by atoms with Gasteiger partial charge < -0.3 is 8.98 Å². The first-order valence-corrected chi connectivity index (χ1v) is 8.07. The third-order valence-corrected chi connectivity index (χ3v) is 4.34. The molecule has 2 aromatic carbocycles. The Morgan fingerprint density at radius 1 is 0.880 bits per heavy atom. The van der Waals surface area contributed by atoms with E-state index < -0.39 is 0 Å². The number of para-hydroxylation sites is 2. The molecule has 0 unspecified atom stereocenters. The summed E-state index contributed by atoms with van der Waals surface area (Å²) in [5, 5.41) is 2.22. The van der Waals surface area contributed by atoms with Gasteiger partial charge in [-0.1, -0.05) is 30.3 Å². The van der Waals surface area contributed by atoms with Crippen molar-refractivity contribution in [3.63, 3.8) is 0 Å². The maximum Gasteiger partial charge on any atom is 0.146 e. The number of benzene rings is 2. The monoisotopic (exact) mass is 326 g/mol. The van der Waals surface area contributed by atoms with Crippen molar-refractivity contribution in [1.82, 2.24) is 19.5 Å². The Morgan fingerprint density at radius 3 is 2.72 bits per heavy atom. The molecule has 0 aliphatic heterocycles. The molecule has 0 fully saturated rings. The summed E-state index contributed by atoms with van der Waals surface area (Å²) in [5.41, 5.74) is 3.66. The first-order valence-electron chi connectivity index (χ1n) is 8.07. The van der Waals surface area contributed by atoms with Crippen LogP contribution in [-0.4, -0.2) is 19.5 Å². The average molecular weight is 326 g/mol. The fourth-order valence-electron chi connectivity index (χ4n) is 3.19. The molecule has 0 radical (unpaired) electrons. The number of nitrogens with zero attached hydrogens (tertiary/aromatic N) is 4. The number of hydrogen-bond acceptors (Lipinski definition) is 4. The first-order chi connectivity index (χ1) is 12.4. The summed E-state index contributed by atoms with van der Waals surface area (Å²) in [4.78, 5) is 12.8. The first kappa shape index (κ1) is 13.9. The zero-order valence-corrected chi connectivity index (χ0v) is 13.3. The molecule has 0 atom stereocenters. The lowest BCUT2D eigenvalue weighted by Crippen LogP contribution is -2.03. The van der Waals surface area contributed by atoms with Crippen LogP contribution in [0.5, 0.6) is 0 Å². The van der Waals surface area contributed by atoms with E-state index in [1.54, 1.807) is 18.7 Å². The highest BCUT2D eigenvalue weighted by molar-refractivity contribution is 6.09. The van der Waals surface area contributed by atoms with Gasteiger partial charge in [0.05, 0.1) is 17.8 Å². The molecular weight excluding hydrogens is 312 g/mol. The SMILES string of the molecule is c1ccc2c(c1)oc1c(-c3nccn3Cc3ccncn3)cccc12. The summed E-state index contributed by atoms with van der Waals surface area (Å²) in [6.45, 7) is 0.633. The maximum atomic E-state index is 6.13. The minimum absolute atomic E-state index is 0.633. The number of rotatable bonds is 3. The highest BCUT2D eigenvalue weighted by Gasteiger charge is 2.15. The van der Waals surface area contributed by atoms with E-state index in [0.717, 1.165) is 39.0 Å². The van der Waals surface area contributed by atoms with Gasteiger partial charge in [-0.3, -0.25) is 0 Å². The Bertz CT molecular complexity index is 1170. The van der Waals surface area contributed by atoms with Crippen LogP contribution < -0.4 is 0 Å². The van der Waals surface area contributed by atoms with Gasteiger partial charge in [-0.15, -0.1) is 0 Å². The molecule has 3 heterocycles. The molecule has 0 aliphatic rings. The largest absolute Gasteiger partial charge is 0.455 e. The molecule has 0 aliphatic carbocycles. The molecule has 5 rings (SSSR count). The Morgan fingerprint density at radius 2 is 1.80 bits per heavy atom. The predicted octanol–water partition coefficient (Wildman–Crippen LogP) is 4.29. The van der Waals surface area contributed by atoms with Gasteiger partial charge in [-0.25, -0.2) is 15.0 Å². The lowest BCUT2D eigenvalue weighted by Gasteiger charge is -2.07. The minimum Gasteiger partial charge on any atom is -0.455 e. The molecule has 3 aromatic heterocycles. The van der Waals surface area contributed by atoms with Crippen LogP contribution in [0.3, 0.4) is 0 Å². The quantitative estimate of drug-likeness (QED) is 0.496. The fourth-order valence-corrected chi connectivity index (χ4v) is 3.19. The fraction of sp³-hybridized carbons (Fsp3) is 0.0500. The van der Waals surface area contributed by atoms with Gasteiger partial charge in [-0.2, -0.15) is 0 Å². The van der Waals surface area contributed by atoms with E-state index >= 15 is 0 Å². The van der Waals surface area contributed by atoms with Gasteiger partial charge in [0.1, 0.15) is 23.3 Å². The van der Waals surface area contributed by atoms with Crippen LogP contribution in [-0.2, 0) is 6.54 Å². The molecule has 0 saturated carbocycles. The van der Waals surface area contributed by atoms with Gasteiger partial charge in [0.2, 0.25) is 0 Å². The Labute approximate surface area is 143 Å². The van der Waals surface area contributed by atoms with Gasteiger partial charge in [0.25, 0.3) is 0 Å². The van der Waals surface area contributed by atoms with Gasteiger partial charge in [-0.05, 0) is 18.2 Å². The average Bonchev–Trinajstić information content (AvgIpc) is 3.26. The Balaban J connectivity index is 1.68. The Kier molecular flexibility index (Phi) is 3.10. The highest BCUT2D eigenvalue weighted by Crippen LogP contribution is 2.35. The van der Waals surface area contributed by atoms with Gasteiger partial charge >= 0.3 is 0 Å². The molecule has 0 N–H and O–H groups in total. The standard InChI is InChI=1S/C20H14N4O/c1-2-7-18-15(4-1)16-5-3-6-17(19(16)25-18)20-22-10-11-24(20)12-14-8-9-21-13-23-14/h1-11,13H,12H2. The van der Waals surface area contributed by atoms with Crippen molar-refractivity contribution in [2.24, 2.45) is 0 Å². The van der Waals surface area contributed by atoms with Crippen LogP contribution in [0.4, 0.5) is 0 Å². The van der Waals surface area contributed by atoms with Crippen molar-refractivity contribution >= 4 is 21.9 Å².